The summed E-state index contributed by atoms with van der Waals surface area (Å²) in [6.07, 6.45) is 3.14. The highest BCUT2D eigenvalue weighted by Crippen LogP contribution is 2.34. The second-order valence-electron chi connectivity index (χ2n) is 5.92. The molecule has 1 aliphatic rings. The van der Waals surface area contributed by atoms with E-state index in [1.807, 2.05) is 0 Å². The number of nitrogens with zero attached hydrogens (tertiary/aromatic N) is 2. The van der Waals surface area contributed by atoms with Crippen molar-refractivity contribution in [2.24, 2.45) is 0 Å². The Morgan fingerprint density at radius 2 is 1.97 bits per heavy atom. The molecule has 0 radical (unpaired) electrons. The SMILES string of the molecule is COc1ccc(C=C2SC(=O)N(CCNC(=O)c3ccccn3)C2=O)cc1OC. The van der Waals surface area contributed by atoms with Gasteiger partial charge in [0.1, 0.15) is 5.69 Å². The first-order valence-corrected chi connectivity index (χ1v) is 9.51. The Balaban J connectivity index is 1.63. The maximum Gasteiger partial charge on any atom is 0.293 e. The van der Waals surface area contributed by atoms with E-state index >= 15 is 0 Å². The van der Waals surface area contributed by atoms with Crippen LogP contribution in [0, 0.1) is 0 Å². The molecule has 1 N–H and O–H groups in total. The fourth-order valence-electron chi connectivity index (χ4n) is 2.66. The number of hydrogen-bond donors (Lipinski definition) is 1. The van der Waals surface area contributed by atoms with E-state index in [0.29, 0.717) is 22.0 Å². The van der Waals surface area contributed by atoms with Crippen LogP contribution in [0.5, 0.6) is 11.5 Å². The minimum Gasteiger partial charge on any atom is -0.493 e. The summed E-state index contributed by atoms with van der Waals surface area (Å²) in [5.74, 6) is 0.333. The third kappa shape index (κ3) is 4.75. The number of imide groups is 1. The molecule has 3 amide bonds. The van der Waals surface area contributed by atoms with E-state index in [0.717, 1.165) is 16.7 Å². The summed E-state index contributed by atoms with van der Waals surface area (Å²) >= 11 is 0.857. The fourth-order valence-corrected chi connectivity index (χ4v) is 3.52. The normalized spacial score (nSPS) is 15.0. The Hall–Kier alpha value is -3.33. The minimum atomic E-state index is -0.401. The van der Waals surface area contributed by atoms with Gasteiger partial charge in [-0.05, 0) is 47.7 Å². The first-order valence-electron chi connectivity index (χ1n) is 8.70. The molecule has 1 fully saturated rings. The molecule has 0 bridgehead atoms. The van der Waals surface area contributed by atoms with E-state index in [1.54, 1.807) is 42.5 Å². The van der Waals surface area contributed by atoms with Gasteiger partial charge in [-0.15, -0.1) is 0 Å². The van der Waals surface area contributed by atoms with Crippen LogP contribution in [0.15, 0.2) is 47.5 Å². The average molecular weight is 413 g/mol. The molecule has 2 aromatic rings. The molecule has 29 heavy (non-hydrogen) atoms. The van der Waals surface area contributed by atoms with Crippen molar-refractivity contribution in [3.8, 4) is 11.5 Å². The quantitative estimate of drug-likeness (QED) is 0.697. The van der Waals surface area contributed by atoms with Crippen molar-refractivity contribution >= 4 is 34.9 Å². The van der Waals surface area contributed by atoms with Gasteiger partial charge < -0.3 is 14.8 Å². The number of rotatable bonds is 7. The lowest BCUT2D eigenvalue weighted by Crippen LogP contribution is -2.37. The molecule has 0 unspecified atom stereocenters. The van der Waals surface area contributed by atoms with E-state index < -0.39 is 5.91 Å². The zero-order valence-corrected chi connectivity index (χ0v) is 16.7. The Bertz CT molecular complexity index is 962. The van der Waals surface area contributed by atoms with E-state index in [2.05, 4.69) is 10.3 Å². The summed E-state index contributed by atoms with van der Waals surface area (Å²) in [7, 11) is 3.06. The molecule has 0 aliphatic carbocycles. The Kier molecular flexibility index (Phi) is 6.50. The third-order valence-corrected chi connectivity index (χ3v) is 5.00. The maximum atomic E-state index is 12.6. The van der Waals surface area contributed by atoms with Crippen molar-refractivity contribution in [1.82, 2.24) is 15.2 Å². The summed E-state index contributed by atoms with van der Waals surface area (Å²) in [4.78, 5) is 42.2. The molecule has 1 aromatic carbocycles. The van der Waals surface area contributed by atoms with Crippen LogP contribution in [0.1, 0.15) is 16.1 Å². The number of carbonyl (C=O) groups excluding carboxylic acids is 3. The minimum absolute atomic E-state index is 0.0759. The number of carbonyl (C=O) groups is 3. The van der Waals surface area contributed by atoms with Gasteiger partial charge in [0.2, 0.25) is 0 Å². The standard InChI is InChI=1S/C20H19N3O5S/c1-27-15-7-6-13(11-16(15)28-2)12-17-19(25)23(20(26)29-17)10-9-22-18(24)14-5-3-4-8-21-14/h3-8,11-12H,9-10H2,1-2H3,(H,22,24). The lowest BCUT2D eigenvalue weighted by molar-refractivity contribution is -0.122. The van der Waals surface area contributed by atoms with E-state index in [-0.39, 0.29) is 29.9 Å². The van der Waals surface area contributed by atoms with Gasteiger partial charge in [0.15, 0.2) is 11.5 Å². The molecule has 1 aliphatic heterocycles. The van der Waals surface area contributed by atoms with Crippen LogP contribution in [-0.4, -0.2) is 54.2 Å². The number of benzene rings is 1. The number of aromatic nitrogens is 1. The van der Waals surface area contributed by atoms with Crippen molar-refractivity contribution in [2.45, 2.75) is 0 Å². The molecule has 3 rings (SSSR count). The Labute approximate surface area is 171 Å². The van der Waals surface area contributed by atoms with Gasteiger partial charge in [-0.2, -0.15) is 0 Å². The van der Waals surface area contributed by atoms with Crippen molar-refractivity contribution in [1.29, 1.82) is 0 Å². The largest absolute Gasteiger partial charge is 0.493 e. The zero-order valence-electron chi connectivity index (χ0n) is 15.9. The summed E-state index contributed by atoms with van der Waals surface area (Å²) < 4.78 is 10.4. The van der Waals surface area contributed by atoms with E-state index in [4.69, 9.17) is 9.47 Å². The maximum absolute atomic E-state index is 12.6. The van der Waals surface area contributed by atoms with E-state index in [9.17, 15) is 14.4 Å². The van der Waals surface area contributed by atoms with Crippen molar-refractivity contribution in [3.05, 3.63) is 58.8 Å². The van der Waals surface area contributed by atoms with Gasteiger partial charge in [0.05, 0.1) is 19.1 Å². The topological polar surface area (TPSA) is 97.8 Å². The highest BCUT2D eigenvalue weighted by atomic mass is 32.2. The Morgan fingerprint density at radius 1 is 1.17 bits per heavy atom. The molecular weight excluding hydrogens is 394 g/mol. The number of thioether (sulfide) groups is 1. The predicted molar refractivity (Wildman–Crippen MR) is 109 cm³/mol. The lowest BCUT2D eigenvalue weighted by Gasteiger charge is -2.12. The number of methoxy groups -OCH3 is 2. The highest BCUT2D eigenvalue weighted by molar-refractivity contribution is 8.18. The monoisotopic (exact) mass is 413 g/mol. The molecule has 2 heterocycles. The third-order valence-electron chi connectivity index (χ3n) is 4.10. The predicted octanol–water partition coefficient (Wildman–Crippen LogP) is 2.57. The summed E-state index contributed by atoms with van der Waals surface area (Å²) in [5.41, 5.74) is 0.978. The number of ether oxygens (including phenoxy) is 2. The lowest BCUT2D eigenvalue weighted by atomic mass is 10.2. The van der Waals surface area contributed by atoms with Crippen LogP contribution in [0.2, 0.25) is 0 Å². The molecule has 1 saturated heterocycles. The number of hydrogen-bond acceptors (Lipinski definition) is 7. The zero-order chi connectivity index (χ0) is 20.8. The van der Waals surface area contributed by atoms with Gasteiger partial charge in [-0.3, -0.25) is 24.3 Å². The van der Waals surface area contributed by atoms with Gasteiger partial charge in [0, 0.05) is 19.3 Å². The van der Waals surface area contributed by atoms with Crippen LogP contribution < -0.4 is 14.8 Å². The van der Waals surface area contributed by atoms with Gasteiger partial charge in [0.25, 0.3) is 17.1 Å². The average Bonchev–Trinajstić information content (AvgIpc) is 3.01. The van der Waals surface area contributed by atoms with Crippen molar-refractivity contribution in [3.63, 3.8) is 0 Å². The number of pyridine rings is 1. The van der Waals surface area contributed by atoms with Crippen LogP contribution in [0.25, 0.3) is 6.08 Å². The van der Waals surface area contributed by atoms with Crippen molar-refractivity contribution < 1.29 is 23.9 Å². The molecule has 9 heteroatoms. The van der Waals surface area contributed by atoms with Crippen molar-refractivity contribution in [2.75, 3.05) is 27.3 Å². The van der Waals surface area contributed by atoms with Gasteiger partial charge in [-0.25, -0.2) is 0 Å². The second-order valence-corrected chi connectivity index (χ2v) is 6.91. The number of amides is 3. The molecule has 0 saturated carbocycles. The summed E-state index contributed by atoms with van der Waals surface area (Å²) in [6.45, 7) is 0.212. The molecule has 8 nitrogen and oxygen atoms in total. The Morgan fingerprint density at radius 3 is 2.66 bits per heavy atom. The highest BCUT2D eigenvalue weighted by Gasteiger charge is 2.34. The smallest absolute Gasteiger partial charge is 0.293 e. The fraction of sp³-hybridized carbons (Fsp3) is 0.200. The summed E-state index contributed by atoms with van der Waals surface area (Å²) in [6, 6.07) is 10.2. The first kappa shape index (κ1) is 20.4. The summed E-state index contributed by atoms with van der Waals surface area (Å²) in [5, 5.41) is 2.27. The second kappa shape index (κ2) is 9.24. The van der Waals surface area contributed by atoms with Crippen LogP contribution in [0.4, 0.5) is 4.79 Å². The molecule has 0 spiro atoms. The molecule has 1 aromatic heterocycles. The molecule has 0 atom stereocenters. The van der Waals surface area contributed by atoms with Crippen LogP contribution in [0.3, 0.4) is 0 Å². The first-order chi connectivity index (χ1) is 14.0. The van der Waals surface area contributed by atoms with Crippen LogP contribution in [-0.2, 0) is 4.79 Å². The molecule has 150 valence electrons. The van der Waals surface area contributed by atoms with E-state index in [1.165, 1.54) is 20.4 Å². The van der Waals surface area contributed by atoms with Gasteiger partial charge in [-0.1, -0.05) is 12.1 Å². The van der Waals surface area contributed by atoms with Gasteiger partial charge >= 0.3 is 0 Å². The van der Waals surface area contributed by atoms with Crippen LogP contribution >= 0.6 is 11.8 Å². The number of nitrogens with one attached hydrogen (secondary N) is 1. The molecular formula is C20H19N3O5S.